The summed E-state index contributed by atoms with van der Waals surface area (Å²) in [4.78, 5) is 11.1. The second-order valence-electron chi connectivity index (χ2n) is 4.64. The van der Waals surface area contributed by atoms with Gasteiger partial charge in [0.05, 0.1) is 0 Å². The standard InChI is InChI=1S/C9H13NO.C6H10F2/c1-5-7(3)8(6-2)9(11)10-4;1-5-3-2-4-6(5,7)8/h5-6H,1-2H2,3-4H3,(H,10,11);5H,2-4H2,1H3/b8-7+;. The summed E-state index contributed by atoms with van der Waals surface area (Å²) in [5.74, 6) is -2.85. The molecule has 19 heavy (non-hydrogen) atoms. The molecule has 0 saturated heterocycles. The van der Waals surface area contributed by atoms with Gasteiger partial charge in [-0.2, -0.15) is 0 Å². The third kappa shape index (κ3) is 5.37. The van der Waals surface area contributed by atoms with Crippen LogP contribution >= 0.6 is 0 Å². The minimum absolute atomic E-state index is 0.105. The van der Waals surface area contributed by atoms with Gasteiger partial charge in [-0.1, -0.05) is 32.2 Å². The molecule has 1 N–H and O–H groups in total. The summed E-state index contributed by atoms with van der Waals surface area (Å²) in [6, 6.07) is 0. The molecule has 1 rings (SSSR count). The molecule has 0 heterocycles. The lowest BCUT2D eigenvalue weighted by Crippen LogP contribution is -2.19. The van der Waals surface area contributed by atoms with E-state index < -0.39 is 5.92 Å². The second-order valence-corrected chi connectivity index (χ2v) is 4.64. The van der Waals surface area contributed by atoms with Crippen LogP contribution in [0.3, 0.4) is 0 Å². The van der Waals surface area contributed by atoms with Gasteiger partial charge in [-0.05, 0) is 25.3 Å². The Hall–Kier alpha value is -1.45. The fourth-order valence-corrected chi connectivity index (χ4v) is 1.78. The van der Waals surface area contributed by atoms with Crippen LogP contribution in [0.25, 0.3) is 0 Å². The van der Waals surface area contributed by atoms with Crippen molar-refractivity contribution < 1.29 is 13.6 Å². The first-order valence-corrected chi connectivity index (χ1v) is 6.35. The van der Waals surface area contributed by atoms with E-state index in [1.54, 1.807) is 20.0 Å². The molecule has 2 nitrogen and oxygen atoms in total. The topological polar surface area (TPSA) is 29.1 Å². The summed E-state index contributed by atoms with van der Waals surface area (Å²) < 4.78 is 24.7. The number of allylic oxidation sites excluding steroid dienone is 2. The highest BCUT2D eigenvalue weighted by Crippen LogP contribution is 2.39. The smallest absolute Gasteiger partial charge is 0.251 e. The van der Waals surface area contributed by atoms with Crippen LogP contribution < -0.4 is 5.32 Å². The number of halogens is 2. The van der Waals surface area contributed by atoms with Crippen LogP contribution in [0.15, 0.2) is 36.5 Å². The number of rotatable bonds is 3. The molecule has 0 bridgehead atoms. The van der Waals surface area contributed by atoms with Gasteiger partial charge in [0.1, 0.15) is 0 Å². The molecule has 1 unspecified atom stereocenters. The van der Waals surface area contributed by atoms with Gasteiger partial charge in [0.2, 0.25) is 0 Å². The number of carbonyl (C=O) groups excluding carboxylic acids is 1. The normalized spacial score (nSPS) is 21.6. The van der Waals surface area contributed by atoms with E-state index in [0.717, 1.165) is 5.57 Å². The average molecular weight is 271 g/mol. The quantitative estimate of drug-likeness (QED) is 0.613. The summed E-state index contributed by atoms with van der Waals surface area (Å²) in [5.41, 5.74) is 1.40. The summed E-state index contributed by atoms with van der Waals surface area (Å²) >= 11 is 0. The van der Waals surface area contributed by atoms with Crippen LogP contribution in [0.5, 0.6) is 0 Å². The van der Waals surface area contributed by atoms with Crippen LogP contribution in [-0.2, 0) is 4.79 Å². The summed E-state index contributed by atoms with van der Waals surface area (Å²) in [6.07, 6.45) is 4.66. The molecule has 1 saturated carbocycles. The van der Waals surface area contributed by atoms with Crippen LogP contribution in [0.1, 0.15) is 33.1 Å². The molecular formula is C15H23F2NO. The minimum atomic E-state index is -2.35. The lowest BCUT2D eigenvalue weighted by molar-refractivity contribution is -0.116. The molecule has 0 radical (unpaired) electrons. The van der Waals surface area contributed by atoms with Gasteiger partial charge in [0.25, 0.3) is 11.8 Å². The Morgan fingerprint density at radius 2 is 1.95 bits per heavy atom. The lowest BCUT2D eigenvalue weighted by Gasteiger charge is -2.12. The number of likely N-dealkylation sites (N-methyl/N-ethyl adjacent to an activating group) is 1. The predicted octanol–water partition coefficient (Wildman–Crippen LogP) is 3.86. The van der Waals surface area contributed by atoms with Crippen LogP contribution in [-0.4, -0.2) is 18.9 Å². The van der Waals surface area contributed by atoms with Gasteiger partial charge in [-0.25, -0.2) is 8.78 Å². The van der Waals surface area contributed by atoms with Crippen molar-refractivity contribution in [2.45, 2.75) is 39.0 Å². The van der Waals surface area contributed by atoms with E-state index in [-0.39, 0.29) is 18.2 Å². The molecular weight excluding hydrogens is 248 g/mol. The first-order valence-electron chi connectivity index (χ1n) is 6.35. The first-order chi connectivity index (χ1) is 8.80. The third-order valence-corrected chi connectivity index (χ3v) is 3.28. The number of carbonyl (C=O) groups is 1. The van der Waals surface area contributed by atoms with Gasteiger partial charge < -0.3 is 5.32 Å². The SMILES string of the molecule is C=C/C(C)=C(\C=C)C(=O)NC.CC1CCCC1(F)F. The Morgan fingerprint density at radius 3 is 2.16 bits per heavy atom. The number of nitrogens with one attached hydrogen (secondary N) is 1. The molecule has 0 aromatic heterocycles. The lowest BCUT2D eigenvalue weighted by atomic mass is 10.1. The maximum absolute atomic E-state index is 12.3. The van der Waals surface area contributed by atoms with Crippen molar-refractivity contribution >= 4 is 5.91 Å². The fourth-order valence-electron chi connectivity index (χ4n) is 1.78. The van der Waals surface area contributed by atoms with E-state index in [9.17, 15) is 13.6 Å². The Kier molecular flexibility index (Phi) is 7.27. The Morgan fingerprint density at radius 1 is 1.37 bits per heavy atom. The highest BCUT2D eigenvalue weighted by molar-refractivity contribution is 5.96. The number of hydrogen-bond donors (Lipinski definition) is 1. The summed E-state index contributed by atoms with van der Waals surface area (Å²) in [6.45, 7) is 10.5. The maximum Gasteiger partial charge on any atom is 0.251 e. The highest BCUT2D eigenvalue weighted by atomic mass is 19.3. The Labute approximate surface area is 114 Å². The minimum Gasteiger partial charge on any atom is -0.355 e. The average Bonchev–Trinajstić information content (AvgIpc) is 2.68. The number of alkyl halides is 2. The zero-order valence-electron chi connectivity index (χ0n) is 11.9. The predicted molar refractivity (Wildman–Crippen MR) is 75.1 cm³/mol. The van der Waals surface area contributed by atoms with Crippen molar-refractivity contribution in [2.75, 3.05) is 7.05 Å². The van der Waals surface area contributed by atoms with Gasteiger partial charge in [-0.15, -0.1) is 0 Å². The van der Waals surface area contributed by atoms with Crippen molar-refractivity contribution in [3.63, 3.8) is 0 Å². The molecule has 1 aliphatic carbocycles. The monoisotopic (exact) mass is 271 g/mol. The molecule has 1 aliphatic rings. The summed E-state index contributed by atoms with van der Waals surface area (Å²) in [5, 5.41) is 2.52. The van der Waals surface area contributed by atoms with Crippen molar-refractivity contribution in [3.05, 3.63) is 36.5 Å². The van der Waals surface area contributed by atoms with E-state index in [0.29, 0.717) is 18.4 Å². The number of hydrogen-bond acceptors (Lipinski definition) is 1. The third-order valence-electron chi connectivity index (χ3n) is 3.28. The van der Waals surface area contributed by atoms with E-state index in [2.05, 4.69) is 18.5 Å². The maximum atomic E-state index is 12.3. The molecule has 108 valence electrons. The van der Waals surface area contributed by atoms with E-state index in [4.69, 9.17) is 0 Å². The molecule has 0 spiro atoms. The second kappa shape index (κ2) is 7.87. The molecule has 4 heteroatoms. The van der Waals surface area contributed by atoms with Gasteiger partial charge >= 0.3 is 0 Å². The molecule has 1 atom stereocenters. The zero-order chi connectivity index (χ0) is 15.1. The van der Waals surface area contributed by atoms with Crippen molar-refractivity contribution in [3.8, 4) is 0 Å². The largest absolute Gasteiger partial charge is 0.355 e. The fraction of sp³-hybridized carbons (Fsp3) is 0.533. The van der Waals surface area contributed by atoms with Crippen LogP contribution in [0.2, 0.25) is 0 Å². The molecule has 1 amide bonds. The van der Waals surface area contributed by atoms with Gasteiger partial charge in [0, 0.05) is 25.0 Å². The Bertz CT molecular complexity index is 372. The number of amides is 1. The van der Waals surface area contributed by atoms with Crippen molar-refractivity contribution in [2.24, 2.45) is 5.92 Å². The first kappa shape index (κ1) is 17.6. The molecule has 0 aromatic carbocycles. The van der Waals surface area contributed by atoms with Gasteiger partial charge in [0.15, 0.2) is 0 Å². The summed E-state index contributed by atoms with van der Waals surface area (Å²) in [7, 11) is 1.59. The Balaban J connectivity index is 0.000000356. The zero-order valence-corrected chi connectivity index (χ0v) is 11.9. The molecule has 0 aromatic rings. The van der Waals surface area contributed by atoms with Gasteiger partial charge in [-0.3, -0.25) is 4.79 Å². The molecule has 1 fully saturated rings. The highest BCUT2D eigenvalue weighted by Gasteiger charge is 2.40. The van der Waals surface area contributed by atoms with Crippen molar-refractivity contribution in [1.82, 2.24) is 5.32 Å². The van der Waals surface area contributed by atoms with Crippen molar-refractivity contribution in [1.29, 1.82) is 0 Å². The van der Waals surface area contributed by atoms with E-state index >= 15 is 0 Å². The van der Waals surface area contributed by atoms with E-state index in [1.165, 1.54) is 6.08 Å². The molecule has 0 aliphatic heterocycles. The van der Waals surface area contributed by atoms with E-state index in [1.807, 2.05) is 6.92 Å². The van der Waals surface area contributed by atoms with Crippen LogP contribution in [0.4, 0.5) is 8.78 Å². The van der Waals surface area contributed by atoms with Crippen LogP contribution in [0, 0.1) is 5.92 Å².